The summed E-state index contributed by atoms with van der Waals surface area (Å²) in [4.78, 5) is 0. The van der Waals surface area contributed by atoms with Gasteiger partial charge in [-0.2, -0.15) is 4.31 Å². The minimum Gasteiger partial charge on any atom is -0.212 e. The minimum atomic E-state index is -3.67. The van der Waals surface area contributed by atoms with E-state index in [1.807, 2.05) is 6.07 Å². The van der Waals surface area contributed by atoms with Gasteiger partial charge in [0.15, 0.2) is 0 Å². The van der Waals surface area contributed by atoms with E-state index >= 15 is 0 Å². The zero-order valence-corrected chi connectivity index (χ0v) is 16.0. The molecule has 1 saturated heterocycles. The molecule has 0 radical (unpaired) electrons. The molecule has 0 N–H and O–H groups in total. The lowest BCUT2D eigenvalue weighted by Gasteiger charge is -2.37. The van der Waals surface area contributed by atoms with Crippen molar-refractivity contribution >= 4 is 26.0 Å². The molecule has 3 nitrogen and oxygen atoms in total. The Bertz CT molecular complexity index is 874. The van der Waals surface area contributed by atoms with Crippen LogP contribution in [-0.4, -0.2) is 18.8 Å². The lowest BCUT2D eigenvalue weighted by Crippen LogP contribution is -2.44. The van der Waals surface area contributed by atoms with Gasteiger partial charge in [0, 0.05) is 18.2 Å². The van der Waals surface area contributed by atoms with Gasteiger partial charge in [0.2, 0.25) is 10.0 Å². The van der Waals surface area contributed by atoms with Crippen LogP contribution < -0.4 is 0 Å². The fourth-order valence-corrected chi connectivity index (χ4v) is 5.71. The van der Waals surface area contributed by atoms with E-state index in [4.69, 9.17) is 0 Å². The summed E-state index contributed by atoms with van der Waals surface area (Å²) in [5, 5.41) is -0.659. The van der Waals surface area contributed by atoms with Crippen LogP contribution in [-0.2, 0) is 16.6 Å². The molecule has 7 heteroatoms. The second-order valence-electron chi connectivity index (χ2n) is 6.27. The zero-order chi connectivity index (χ0) is 18.2. The first-order chi connectivity index (χ1) is 11.8. The number of rotatable bonds is 3. The fraction of sp³-hybridized carbons (Fsp3) is 0.333. The molecule has 2 atom stereocenters. The fourth-order valence-electron chi connectivity index (χ4n) is 3.20. The standard InChI is InChI=1S/C18H18BrF2NO2S/c1-12-7-8-18(13-5-3-2-4-6-13)25(23,24)22(12)11-14-9-17(21)15(19)10-16(14)20/h2-6,9-10,12,18H,7-8,11H2,1H3/t12-,18?/m0/s1. The highest BCUT2D eigenvalue weighted by Gasteiger charge is 2.40. The Morgan fingerprint density at radius 1 is 1.12 bits per heavy atom. The van der Waals surface area contributed by atoms with Crippen LogP contribution in [0.5, 0.6) is 0 Å². The number of benzene rings is 2. The van der Waals surface area contributed by atoms with Crippen molar-refractivity contribution in [2.45, 2.75) is 37.6 Å². The smallest absolute Gasteiger partial charge is 0.212 e. The molecule has 25 heavy (non-hydrogen) atoms. The minimum absolute atomic E-state index is 0.0189. The van der Waals surface area contributed by atoms with E-state index in [1.165, 1.54) is 4.31 Å². The van der Waals surface area contributed by atoms with Gasteiger partial charge in [-0.05, 0) is 53.4 Å². The summed E-state index contributed by atoms with van der Waals surface area (Å²) in [6.45, 7) is 1.62. The molecule has 3 rings (SSSR count). The second kappa shape index (κ2) is 7.13. The van der Waals surface area contributed by atoms with E-state index < -0.39 is 26.9 Å². The van der Waals surface area contributed by atoms with E-state index in [-0.39, 0.29) is 22.6 Å². The summed E-state index contributed by atoms with van der Waals surface area (Å²) in [7, 11) is -3.67. The average Bonchev–Trinajstić information content (AvgIpc) is 2.56. The first kappa shape index (κ1) is 18.5. The molecule has 1 fully saturated rings. The molecule has 0 spiro atoms. The summed E-state index contributed by atoms with van der Waals surface area (Å²) in [6.07, 6.45) is 1.18. The molecule has 1 heterocycles. The molecule has 1 aliphatic rings. The van der Waals surface area contributed by atoms with E-state index in [2.05, 4.69) is 15.9 Å². The van der Waals surface area contributed by atoms with Gasteiger partial charge in [0.1, 0.15) is 16.9 Å². The third kappa shape index (κ3) is 3.64. The van der Waals surface area contributed by atoms with Gasteiger partial charge < -0.3 is 0 Å². The summed E-state index contributed by atoms with van der Waals surface area (Å²) >= 11 is 2.93. The predicted molar refractivity (Wildman–Crippen MR) is 96.4 cm³/mol. The van der Waals surface area contributed by atoms with Crippen LogP contribution in [0.2, 0.25) is 0 Å². The van der Waals surface area contributed by atoms with Crippen molar-refractivity contribution in [2.24, 2.45) is 0 Å². The second-order valence-corrected chi connectivity index (χ2v) is 9.20. The van der Waals surface area contributed by atoms with Crippen molar-refractivity contribution in [1.82, 2.24) is 4.31 Å². The van der Waals surface area contributed by atoms with Crippen molar-refractivity contribution in [3.63, 3.8) is 0 Å². The Balaban J connectivity index is 1.96. The van der Waals surface area contributed by atoms with Crippen LogP contribution in [0.25, 0.3) is 0 Å². The maximum atomic E-state index is 14.2. The van der Waals surface area contributed by atoms with Crippen molar-refractivity contribution < 1.29 is 17.2 Å². The van der Waals surface area contributed by atoms with Crippen LogP contribution in [0.1, 0.15) is 36.1 Å². The molecule has 1 unspecified atom stereocenters. The van der Waals surface area contributed by atoms with Gasteiger partial charge in [-0.3, -0.25) is 0 Å². The topological polar surface area (TPSA) is 37.4 Å². The van der Waals surface area contributed by atoms with Crippen molar-refractivity contribution in [3.05, 3.63) is 69.7 Å². The van der Waals surface area contributed by atoms with E-state index in [9.17, 15) is 17.2 Å². The van der Waals surface area contributed by atoms with E-state index in [0.717, 1.165) is 17.7 Å². The summed E-state index contributed by atoms with van der Waals surface area (Å²) in [5.74, 6) is -1.24. The van der Waals surface area contributed by atoms with Gasteiger partial charge in [0.05, 0.1) is 4.47 Å². The SMILES string of the molecule is C[C@H]1CCC(c2ccccc2)S(=O)(=O)N1Cc1cc(F)c(Br)cc1F. The molecule has 1 aliphatic heterocycles. The highest BCUT2D eigenvalue weighted by atomic mass is 79.9. The van der Waals surface area contributed by atoms with Crippen LogP contribution in [0.15, 0.2) is 46.9 Å². The Labute approximate surface area is 154 Å². The maximum Gasteiger partial charge on any atom is 0.221 e. The highest BCUT2D eigenvalue weighted by molar-refractivity contribution is 9.10. The number of sulfonamides is 1. The lowest BCUT2D eigenvalue weighted by atomic mass is 10.0. The Morgan fingerprint density at radius 2 is 1.80 bits per heavy atom. The predicted octanol–water partition coefficient (Wildman–Crippen LogP) is 4.78. The molecular weight excluding hydrogens is 412 g/mol. The molecular formula is C18H18BrF2NO2S. The molecule has 2 aromatic rings. The molecule has 0 aliphatic carbocycles. The highest BCUT2D eigenvalue weighted by Crippen LogP contribution is 2.38. The number of hydrogen-bond donors (Lipinski definition) is 0. The number of halogens is 3. The average molecular weight is 430 g/mol. The molecule has 2 aromatic carbocycles. The van der Waals surface area contributed by atoms with E-state index in [0.29, 0.717) is 12.8 Å². The van der Waals surface area contributed by atoms with Gasteiger partial charge >= 0.3 is 0 Å². The number of nitrogens with zero attached hydrogens (tertiary/aromatic N) is 1. The maximum absolute atomic E-state index is 14.2. The Hall–Kier alpha value is -1.31. The molecule has 134 valence electrons. The van der Waals surface area contributed by atoms with Gasteiger partial charge in [-0.1, -0.05) is 30.3 Å². The molecule has 0 bridgehead atoms. The molecule has 0 amide bonds. The summed E-state index contributed by atoms with van der Waals surface area (Å²) < 4.78 is 55.4. The number of hydrogen-bond acceptors (Lipinski definition) is 2. The molecule has 0 aromatic heterocycles. The van der Waals surface area contributed by atoms with Crippen LogP contribution in [0, 0.1) is 11.6 Å². The van der Waals surface area contributed by atoms with Crippen molar-refractivity contribution in [2.75, 3.05) is 0 Å². The quantitative estimate of drug-likeness (QED) is 0.658. The largest absolute Gasteiger partial charge is 0.221 e. The third-order valence-electron chi connectivity index (χ3n) is 4.61. The summed E-state index contributed by atoms with van der Waals surface area (Å²) in [5.41, 5.74) is 0.756. The van der Waals surface area contributed by atoms with Crippen LogP contribution >= 0.6 is 15.9 Å². The Morgan fingerprint density at radius 3 is 2.48 bits per heavy atom. The van der Waals surface area contributed by atoms with Crippen molar-refractivity contribution in [3.8, 4) is 0 Å². The lowest BCUT2D eigenvalue weighted by molar-refractivity contribution is 0.278. The first-order valence-corrected chi connectivity index (χ1v) is 10.3. The first-order valence-electron chi connectivity index (χ1n) is 7.99. The van der Waals surface area contributed by atoms with Crippen molar-refractivity contribution in [1.29, 1.82) is 0 Å². The third-order valence-corrected chi connectivity index (χ3v) is 7.59. The monoisotopic (exact) mass is 429 g/mol. The normalized spacial score (nSPS) is 23.5. The van der Waals surface area contributed by atoms with Crippen LogP contribution in [0.3, 0.4) is 0 Å². The van der Waals surface area contributed by atoms with E-state index in [1.54, 1.807) is 31.2 Å². The van der Waals surface area contributed by atoms with Gasteiger partial charge in [0.25, 0.3) is 0 Å². The van der Waals surface area contributed by atoms with Gasteiger partial charge in [-0.25, -0.2) is 17.2 Å². The molecule has 0 saturated carbocycles. The van der Waals surface area contributed by atoms with Crippen LogP contribution in [0.4, 0.5) is 8.78 Å². The summed E-state index contributed by atoms with van der Waals surface area (Å²) in [6, 6.07) is 10.8. The zero-order valence-electron chi connectivity index (χ0n) is 13.6. The Kier molecular flexibility index (Phi) is 5.27. The van der Waals surface area contributed by atoms with Gasteiger partial charge in [-0.15, -0.1) is 0 Å².